The summed E-state index contributed by atoms with van der Waals surface area (Å²) in [4.78, 5) is 16.9. The van der Waals surface area contributed by atoms with Crippen molar-refractivity contribution in [3.8, 4) is 0 Å². The molecule has 6 nitrogen and oxygen atoms in total. The molecule has 0 saturated heterocycles. The first-order valence-corrected chi connectivity index (χ1v) is 8.57. The highest BCUT2D eigenvalue weighted by Gasteiger charge is 2.18. The number of nitrogens with one attached hydrogen (secondary N) is 1. The SMILES string of the molecule is CC(C)c1noc2ncc(C(=O)NC(C)c3cc4ccccc4o3)cc12. The van der Waals surface area contributed by atoms with Gasteiger partial charge in [0.25, 0.3) is 11.6 Å². The van der Waals surface area contributed by atoms with E-state index >= 15 is 0 Å². The maximum atomic E-state index is 12.6. The smallest absolute Gasteiger partial charge is 0.257 e. The summed E-state index contributed by atoms with van der Waals surface area (Å²) in [6, 6.07) is 11.2. The molecule has 132 valence electrons. The quantitative estimate of drug-likeness (QED) is 0.583. The van der Waals surface area contributed by atoms with E-state index in [1.54, 1.807) is 6.07 Å². The molecule has 1 unspecified atom stereocenters. The van der Waals surface area contributed by atoms with Crippen molar-refractivity contribution in [2.45, 2.75) is 32.7 Å². The van der Waals surface area contributed by atoms with E-state index in [1.807, 2.05) is 51.1 Å². The highest BCUT2D eigenvalue weighted by Crippen LogP contribution is 2.26. The fourth-order valence-electron chi connectivity index (χ4n) is 2.96. The fourth-order valence-corrected chi connectivity index (χ4v) is 2.96. The Balaban J connectivity index is 1.59. The van der Waals surface area contributed by atoms with Crippen LogP contribution in [0.5, 0.6) is 0 Å². The van der Waals surface area contributed by atoms with Crippen LogP contribution < -0.4 is 5.32 Å². The first-order valence-electron chi connectivity index (χ1n) is 8.57. The number of hydrogen-bond donors (Lipinski definition) is 1. The van der Waals surface area contributed by atoms with Gasteiger partial charge in [-0.1, -0.05) is 37.2 Å². The average molecular weight is 349 g/mol. The van der Waals surface area contributed by atoms with Gasteiger partial charge in [-0.05, 0) is 31.0 Å². The van der Waals surface area contributed by atoms with Gasteiger partial charge >= 0.3 is 0 Å². The third-order valence-electron chi connectivity index (χ3n) is 4.39. The Bertz CT molecular complexity index is 1060. The number of benzene rings is 1. The van der Waals surface area contributed by atoms with E-state index in [9.17, 15) is 4.79 Å². The van der Waals surface area contributed by atoms with Gasteiger partial charge in [0, 0.05) is 11.6 Å². The van der Waals surface area contributed by atoms with E-state index in [-0.39, 0.29) is 17.9 Å². The van der Waals surface area contributed by atoms with Crippen LogP contribution in [-0.4, -0.2) is 16.0 Å². The Morgan fingerprint density at radius 2 is 1.96 bits per heavy atom. The standard InChI is InChI=1S/C20H19N3O3/c1-11(2)18-15-8-14(10-21-20(15)26-23-18)19(24)22-12(3)17-9-13-6-4-5-7-16(13)25-17/h4-12H,1-3H3,(H,22,24). The van der Waals surface area contributed by atoms with Gasteiger partial charge in [0.05, 0.1) is 22.7 Å². The first kappa shape index (κ1) is 16.3. The van der Waals surface area contributed by atoms with Crippen LogP contribution in [-0.2, 0) is 0 Å². The van der Waals surface area contributed by atoms with Crippen LogP contribution in [0.4, 0.5) is 0 Å². The van der Waals surface area contributed by atoms with Gasteiger partial charge in [0.15, 0.2) is 0 Å². The molecular weight excluding hydrogens is 330 g/mol. The fraction of sp³-hybridized carbons (Fsp3) is 0.250. The molecule has 0 fully saturated rings. The number of rotatable bonds is 4. The van der Waals surface area contributed by atoms with E-state index in [4.69, 9.17) is 8.94 Å². The summed E-state index contributed by atoms with van der Waals surface area (Å²) in [6.45, 7) is 5.93. The number of para-hydroxylation sites is 1. The van der Waals surface area contributed by atoms with Gasteiger partial charge < -0.3 is 14.3 Å². The summed E-state index contributed by atoms with van der Waals surface area (Å²) in [5, 5.41) is 8.78. The average Bonchev–Trinajstić information content (AvgIpc) is 3.25. The monoisotopic (exact) mass is 349 g/mol. The Labute approximate surface area is 150 Å². The number of furan rings is 1. The zero-order valence-electron chi connectivity index (χ0n) is 14.8. The van der Waals surface area contributed by atoms with Gasteiger partial charge in [-0.2, -0.15) is 0 Å². The number of fused-ring (bicyclic) bond motifs is 2. The number of nitrogens with zero attached hydrogens (tertiary/aromatic N) is 2. The number of pyridine rings is 1. The van der Waals surface area contributed by atoms with Crippen molar-refractivity contribution >= 4 is 28.0 Å². The highest BCUT2D eigenvalue weighted by molar-refractivity contribution is 5.97. The number of amides is 1. The Morgan fingerprint density at radius 1 is 1.15 bits per heavy atom. The second-order valence-corrected chi connectivity index (χ2v) is 6.68. The predicted molar refractivity (Wildman–Crippen MR) is 98.0 cm³/mol. The minimum Gasteiger partial charge on any atom is -0.459 e. The molecule has 0 aliphatic carbocycles. The molecule has 26 heavy (non-hydrogen) atoms. The molecule has 1 amide bonds. The van der Waals surface area contributed by atoms with Crippen LogP contribution in [0.2, 0.25) is 0 Å². The maximum absolute atomic E-state index is 12.6. The molecule has 1 N–H and O–H groups in total. The molecule has 0 bridgehead atoms. The normalized spacial score (nSPS) is 12.8. The van der Waals surface area contributed by atoms with Gasteiger partial charge in [0.2, 0.25) is 0 Å². The molecule has 0 radical (unpaired) electrons. The number of carbonyl (C=O) groups excluding carboxylic acids is 1. The summed E-state index contributed by atoms with van der Waals surface area (Å²) < 4.78 is 11.0. The van der Waals surface area contributed by atoms with Crippen LogP contribution in [0.3, 0.4) is 0 Å². The minimum atomic E-state index is -0.266. The van der Waals surface area contributed by atoms with Gasteiger partial charge in [-0.25, -0.2) is 4.98 Å². The molecule has 0 aliphatic rings. The topological polar surface area (TPSA) is 81.2 Å². The molecule has 0 spiro atoms. The zero-order chi connectivity index (χ0) is 18.3. The molecule has 0 aliphatic heterocycles. The van der Waals surface area contributed by atoms with Gasteiger partial charge in [-0.3, -0.25) is 4.79 Å². The van der Waals surface area contributed by atoms with Crippen molar-refractivity contribution in [1.29, 1.82) is 0 Å². The molecule has 1 aromatic carbocycles. The third kappa shape index (κ3) is 2.83. The van der Waals surface area contributed by atoms with Crippen LogP contribution in [0.1, 0.15) is 54.5 Å². The maximum Gasteiger partial charge on any atom is 0.257 e. The van der Waals surface area contributed by atoms with Crippen molar-refractivity contribution in [2.24, 2.45) is 0 Å². The summed E-state index contributed by atoms with van der Waals surface area (Å²) in [6.07, 6.45) is 1.50. The highest BCUT2D eigenvalue weighted by atomic mass is 16.5. The molecule has 4 rings (SSSR count). The van der Waals surface area contributed by atoms with Crippen LogP contribution in [0, 0.1) is 0 Å². The van der Waals surface area contributed by atoms with Crippen LogP contribution in [0.25, 0.3) is 22.1 Å². The molecule has 0 saturated carbocycles. The number of carbonyl (C=O) groups is 1. The summed E-state index contributed by atoms with van der Waals surface area (Å²) in [5.74, 6) is 0.676. The summed E-state index contributed by atoms with van der Waals surface area (Å²) >= 11 is 0. The molecule has 1 atom stereocenters. The first-order chi connectivity index (χ1) is 12.5. The molecular formula is C20H19N3O3. The summed E-state index contributed by atoms with van der Waals surface area (Å²) in [7, 11) is 0. The Hall–Kier alpha value is -3.15. The molecule has 3 aromatic heterocycles. The zero-order valence-corrected chi connectivity index (χ0v) is 14.8. The molecule has 4 aromatic rings. The Kier molecular flexibility index (Phi) is 3.95. The van der Waals surface area contributed by atoms with Crippen molar-refractivity contribution < 1.29 is 13.7 Å². The van der Waals surface area contributed by atoms with Gasteiger partial charge in [0.1, 0.15) is 11.3 Å². The lowest BCUT2D eigenvalue weighted by Gasteiger charge is -2.11. The van der Waals surface area contributed by atoms with Crippen LogP contribution >= 0.6 is 0 Å². The van der Waals surface area contributed by atoms with E-state index in [0.717, 1.165) is 22.0 Å². The van der Waals surface area contributed by atoms with E-state index in [0.29, 0.717) is 17.0 Å². The lowest BCUT2D eigenvalue weighted by molar-refractivity contribution is 0.0935. The van der Waals surface area contributed by atoms with E-state index < -0.39 is 0 Å². The van der Waals surface area contributed by atoms with Crippen molar-refractivity contribution in [2.75, 3.05) is 0 Å². The van der Waals surface area contributed by atoms with Crippen molar-refractivity contribution in [1.82, 2.24) is 15.5 Å². The largest absolute Gasteiger partial charge is 0.459 e. The lowest BCUT2D eigenvalue weighted by atomic mass is 10.1. The predicted octanol–water partition coefficient (Wildman–Crippen LogP) is 4.58. The number of aromatic nitrogens is 2. The molecule has 3 heterocycles. The second kappa shape index (κ2) is 6.29. The molecule has 6 heteroatoms. The number of hydrogen-bond acceptors (Lipinski definition) is 5. The van der Waals surface area contributed by atoms with Gasteiger partial charge in [-0.15, -0.1) is 0 Å². The minimum absolute atomic E-state index is 0.186. The second-order valence-electron chi connectivity index (χ2n) is 6.68. The van der Waals surface area contributed by atoms with E-state index in [2.05, 4.69) is 15.5 Å². The summed E-state index contributed by atoms with van der Waals surface area (Å²) in [5.41, 5.74) is 2.51. The third-order valence-corrected chi connectivity index (χ3v) is 4.39. The Morgan fingerprint density at radius 3 is 2.73 bits per heavy atom. The van der Waals surface area contributed by atoms with Crippen molar-refractivity contribution in [3.05, 3.63) is 59.6 Å². The van der Waals surface area contributed by atoms with Crippen LogP contribution in [0.15, 0.2) is 51.5 Å². The van der Waals surface area contributed by atoms with E-state index in [1.165, 1.54) is 6.20 Å². The lowest BCUT2D eigenvalue weighted by Crippen LogP contribution is -2.26. The van der Waals surface area contributed by atoms with Crippen molar-refractivity contribution in [3.63, 3.8) is 0 Å².